The van der Waals surface area contributed by atoms with Crippen LogP contribution in [0.3, 0.4) is 0 Å². The zero-order chi connectivity index (χ0) is 15.2. The summed E-state index contributed by atoms with van der Waals surface area (Å²) in [5, 5.41) is 3.93. The number of nitrogens with two attached hydrogens (primary N) is 1. The fourth-order valence-corrected chi connectivity index (χ4v) is 2.29. The molecule has 0 aliphatic carbocycles. The van der Waals surface area contributed by atoms with Crippen LogP contribution in [0.2, 0.25) is 0 Å². The predicted molar refractivity (Wildman–Crippen MR) is 72.6 cm³/mol. The van der Waals surface area contributed by atoms with Crippen LogP contribution < -0.4 is 5.73 Å². The number of alkyl halides is 3. The maximum absolute atomic E-state index is 13.1. The molecule has 3 aromatic rings. The molecule has 2 heterocycles. The summed E-state index contributed by atoms with van der Waals surface area (Å²) in [6.07, 6.45) is -2.90. The van der Waals surface area contributed by atoms with Crippen LogP contribution in [-0.4, -0.2) is 14.6 Å². The number of nitrogens with zero attached hydrogens (tertiary/aromatic N) is 3. The van der Waals surface area contributed by atoms with Crippen molar-refractivity contribution in [2.45, 2.75) is 13.1 Å². The first kappa shape index (κ1) is 13.4. The van der Waals surface area contributed by atoms with Gasteiger partial charge in [-0.1, -0.05) is 18.2 Å². The average molecular weight is 292 g/mol. The van der Waals surface area contributed by atoms with Gasteiger partial charge >= 0.3 is 6.18 Å². The SMILES string of the molecule is Cc1cc2nc(N)nn2cc1-c1ccccc1C(F)(F)F. The molecular formula is C14H11F3N4. The summed E-state index contributed by atoms with van der Waals surface area (Å²) in [6, 6.07) is 7.11. The van der Waals surface area contributed by atoms with E-state index in [1.165, 1.54) is 22.8 Å². The number of aromatic nitrogens is 3. The van der Waals surface area contributed by atoms with Crippen molar-refractivity contribution >= 4 is 11.6 Å². The van der Waals surface area contributed by atoms with Gasteiger partial charge in [-0.25, -0.2) is 4.52 Å². The second-order valence-corrected chi connectivity index (χ2v) is 4.69. The number of hydrogen-bond donors (Lipinski definition) is 1. The van der Waals surface area contributed by atoms with Gasteiger partial charge in [-0.15, -0.1) is 5.10 Å². The maximum atomic E-state index is 13.1. The molecule has 0 spiro atoms. The van der Waals surface area contributed by atoms with Gasteiger partial charge in [0.25, 0.3) is 0 Å². The molecule has 2 N–H and O–H groups in total. The van der Waals surface area contributed by atoms with Crippen LogP contribution in [0.5, 0.6) is 0 Å². The number of hydrogen-bond acceptors (Lipinski definition) is 3. The Hall–Kier alpha value is -2.57. The lowest BCUT2D eigenvalue weighted by molar-refractivity contribution is -0.137. The highest BCUT2D eigenvalue weighted by molar-refractivity contribution is 5.72. The number of nitrogen functional groups attached to an aromatic ring is 1. The molecule has 0 bridgehead atoms. The molecule has 0 fully saturated rings. The molecule has 7 heteroatoms. The van der Waals surface area contributed by atoms with Gasteiger partial charge in [0.15, 0.2) is 5.65 Å². The molecule has 2 aromatic heterocycles. The van der Waals surface area contributed by atoms with Crippen LogP contribution in [-0.2, 0) is 6.18 Å². The van der Waals surface area contributed by atoms with Crippen LogP contribution >= 0.6 is 0 Å². The van der Waals surface area contributed by atoms with Crippen molar-refractivity contribution in [3.63, 3.8) is 0 Å². The number of halogens is 3. The number of aryl methyl sites for hydroxylation is 1. The summed E-state index contributed by atoms with van der Waals surface area (Å²) in [6.45, 7) is 1.73. The van der Waals surface area contributed by atoms with E-state index in [0.717, 1.165) is 6.07 Å². The lowest BCUT2D eigenvalue weighted by Gasteiger charge is -2.14. The molecule has 3 rings (SSSR count). The Morgan fingerprint density at radius 1 is 1.14 bits per heavy atom. The molecule has 108 valence electrons. The fraction of sp³-hybridized carbons (Fsp3) is 0.143. The zero-order valence-corrected chi connectivity index (χ0v) is 11.0. The number of fused-ring (bicyclic) bond motifs is 1. The second kappa shape index (κ2) is 4.47. The number of anilines is 1. The van der Waals surface area contributed by atoms with Crippen molar-refractivity contribution in [1.29, 1.82) is 0 Å². The molecule has 0 saturated heterocycles. The Labute approximate surface area is 118 Å². The first-order valence-electron chi connectivity index (χ1n) is 6.15. The molecule has 0 unspecified atom stereocenters. The summed E-state index contributed by atoms with van der Waals surface area (Å²) in [7, 11) is 0. The minimum Gasteiger partial charge on any atom is -0.366 e. The highest BCUT2D eigenvalue weighted by Crippen LogP contribution is 2.38. The molecule has 0 aliphatic rings. The average Bonchev–Trinajstić information content (AvgIpc) is 2.76. The van der Waals surface area contributed by atoms with Crippen LogP contribution in [0.25, 0.3) is 16.8 Å². The van der Waals surface area contributed by atoms with Crippen LogP contribution in [0.15, 0.2) is 36.5 Å². The van der Waals surface area contributed by atoms with Gasteiger partial charge in [-0.2, -0.15) is 18.2 Å². The molecule has 4 nitrogen and oxygen atoms in total. The van der Waals surface area contributed by atoms with E-state index in [0.29, 0.717) is 16.8 Å². The number of rotatable bonds is 1. The van der Waals surface area contributed by atoms with Gasteiger partial charge in [0.05, 0.1) is 5.56 Å². The lowest BCUT2D eigenvalue weighted by atomic mass is 9.97. The van der Waals surface area contributed by atoms with Crippen LogP contribution in [0.4, 0.5) is 19.1 Å². The fourth-order valence-electron chi connectivity index (χ4n) is 2.29. The van der Waals surface area contributed by atoms with Crippen molar-refractivity contribution in [3.8, 4) is 11.1 Å². The minimum atomic E-state index is -4.42. The summed E-state index contributed by atoms with van der Waals surface area (Å²) in [5.41, 5.74) is 6.55. The Morgan fingerprint density at radius 2 is 1.86 bits per heavy atom. The Balaban J connectivity index is 2.28. The van der Waals surface area contributed by atoms with Gasteiger partial charge in [0.2, 0.25) is 5.95 Å². The van der Waals surface area contributed by atoms with E-state index in [-0.39, 0.29) is 11.5 Å². The predicted octanol–water partition coefficient (Wildman–Crippen LogP) is 3.31. The summed E-state index contributed by atoms with van der Waals surface area (Å²) < 4.78 is 40.8. The van der Waals surface area contributed by atoms with Crippen molar-refractivity contribution in [2.75, 3.05) is 5.73 Å². The maximum Gasteiger partial charge on any atom is 0.417 e. The van der Waals surface area contributed by atoms with Crippen molar-refractivity contribution < 1.29 is 13.2 Å². The standard InChI is InChI=1S/C14H11F3N4/c1-8-6-12-19-13(18)20-21(12)7-10(8)9-4-2-3-5-11(9)14(15,16)17/h2-7H,1H3,(H2,18,20). The van der Waals surface area contributed by atoms with E-state index in [9.17, 15) is 13.2 Å². The Kier molecular flexibility index (Phi) is 2.86. The van der Waals surface area contributed by atoms with Crippen molar-refractivity contribution in [3.05, 3.63) is 47.7 Å². The number of benzene rings is 1. The van der Waals surface area contributed by atoms with Crippen molar-refractivity contribution in [1.82, 2.24) is 14.6 Å². The van der Waals surface area contributed by atoms with E-state index in [2.05, 4.69) is 10.1 Å². The molecular weight excluding hydrogens is 281 g/mol. The van der Waals surface area contributed by atoms with Crippen LogP contribution in [0, 0.1) is 6.92 Å². The molecule has 0 saturated carbocycles. The second-order valence-electron chi connectivity index (χ2n) is 4.69. The molecule has 0 radical (unpaired) electrons. The monoisotopic (exact) mass is 292 g/mol. The molecule has 1 aromatic carbocycles. The molecule has 0 amide bonds. The summed E-state index contributed by atoms with van der Waals surface area (Å²) >= 11 is 0. The van der Waals surface area contributed by atoms with Gasteiger partial charge in [0.1, 0.15) is 0 Å². The largest absolute Gasteiger partial charge is 0.417 e. The molecule has 0 atom stereocenters. The quantitative estimate of drug-likeness (QED) is 0.748. The van der Waals surface area contributed by atoms with E-state index >= 15 is 0 Å². The third-order valence-corrected chi connectivity index (χ3v) is 3.22. The van der Waals surface area contributed by atoms with E-state index in [1.54, 1.807) is 19.1 Å². The first-order chi connectivity index (χ1) is 9.86. The first-order valence-corrected chi connectivity index (χ1v) is 6.15. The normalized spacial score (nSPS) is 12.0. The minimum absolute atomic E-state index is 0.0793. The lowest BCUT2D eigenvalue weighted by Crippen LogP contribution is -2.07. The highest BCUT2D eigenvalue weighted by atomic mass is 19.4. The molecule has 0 aliphatic heterocycles. The van der Waals surface area contributed by atoms with E-state index in [4.69, 9.17) is 5.73 Å². The van der Waals surface area contributed by atoms with E-state index < -0.39 is 11.7 Å². The summed E-state index contributed by atoms with van der Waals surface area (Å²) in [5.74, 6) is 0.0793. The Morgan fingerprint density at radius 3 is 2.57 bits per heavy atom. The molecule has 21 heavy (non-hydrogen) atoms. The third kappa shape index (κ3) is 2.31. The van der Waals surface area contributed by atoms with Gasteiger partial charge in [-0.3, -0.25) is 0 Å². The van der Waals surface area contributed by atoms with E-state index in [1.807, 2.05) is 0 Å². The van der Waals surface area contributed by atoms with Crippen molar-refractivity contribution in [2.24, 2.45) is 0 Å². The number of pyridine rings is 1. The van der Waals surface area contributed by atoms with Crippen LogP contribution in [0.1, 0.15) is 11.1 Å². The smallest absolute Gasteiger partial charge is 0.366 e. The van der Waals surface area contributed by atoms with Gasteiger partial charge in [-0.05, 0) is 30.2 Å². The van der Waals surface area contributed by atoms with Gasteiger partial charge < -0.3 is 5.73 Å². The summed E-state index contributed by atoms with van der Waals surface area (Å²) in [4.78, 5) is 3.99. The topological polar surface area (TPSA) is 56.2 Å². The highest BCUT2D eigenvalue weighted by Gasteiger charge is 2.33. The Bertz CT molecular complexity index is 821. The zero-order valence-electron chi connectivity index (χ0n) is 11.0. The van der Waals surface area contributed by atoms with Gasteiger partial charge in [0, 0.05) is 11.8 Å². The third-order valence-electron chi connectivity index (χ3n) is 3.22.